The molecule has 8 heteroatoms. The molecule has 5 rings (SSSR count). The van der Waals surface area contributed by atoms with E-state index in [9.17, 15) is 12.8 Å². The lowest BCUT2D eigenvalue weighted by molar-refractivity contribution is 0.252. The van der Waals surface area contributed by atoms with Gasteiger partial charge >= 0.3 is 0 Å². The number of halogens is 1. The number of pyridine rings is 1. The van der Waals surface area contributed by atoms with Gasteiger partial charge in [0.05, 0.1) is 0 Å². The highest BCUT2D eigenvalue weighted by Crippen LogP contribution is 2.36. The summed E-state index contributed by atoms with van der Waals surface area (Å²) in [6.07, 6.45) is 10.9. The Morgan fingerprint density at radius 3 is 2.45 bits per heavy atom. The van der Waals surface area contributed by atoms with Gasteiger partial charge in [-0.05, 0) is 110 Å². The molecule has 4 N–H and O–H groups in total. The third kappa shape index (κ3) is 6.42. The molecule has 1 fully saturated rings. The van der Waals surface area contributed by atoms with E-state index >= 15 is 0 Å². The molecule has 2 aromatic carbocycles. The molecule has 6 nitrogen and oxygen atoms in total. The Hall–Kier alpha value is -2.81. The van der Waals surface area contributed by atoms with E-state index in [1.165, 1.54) is 41.0 Å². The minimum absolute atomic E-state index is 0.276. The van der Waals surface area contributed by atoms with E-state index in [4.69, 9.17) is 5.73 Å². The molecule has 0 radical (unpaired) electrons. The second-order valence-corrected chi connectivity index (χ2v) is 12.6. The number of nitrogen functional groups attached to an aromatic ring is 1. The van der Waals surface area contributed by atoms with Crippen LogP contribution in [0.25, 0.3) is 0 Å². The fourth-order valence-corrected chi connectivity index (χ4v) is 7.32. The molecule has 0 aliphatic heterocycles. The topological polar surface area (TPSA) is 97.1 Å². The first-order valence-corrected chi connectivity index (χ1v) is 15.1. The van der Waals surface area contributed by atoms with Crippen LogP contribution in [-0.2, 0) is 22.9 Å². The van der Waals surface area contributed by atoms with Crippen LogP contribution in [0.4, 0.5) is 10.1 Å². The van der Waals surface area contributed by atoms with Gasteiger partial charge in [0.2, 0.25) is 10.0 Å². The molecule has 2 aliphatic rings. The van der Waals surface area contributed by atoms with Gasteiger partial charge in [-0.3, -0.25) is 4.98 Å². The minimum atomic E-state index is -3.84. The van der Waals surface area contributed by atoms with Crippen LogP contribution in [0.2, 0.25) is 0 Å². The molecule has 2 aliphatic carbocycles. The molecule has 2 atom stereocenters. The highest BCUT2D eigenvalue weighted by Gasteiger charge is 2.31. The maximum absolute atomic E-state index is 14.0. The molecule has 2 unspecified atom stereocenters. The number of nitrogens with zero attached hydrogens (tertiary/aromatic N) is 1. The van der Waals surface area contributed by atoms with Gasteiger partial charge in [-0.25, -0.2) is 17.5 Å². The fraction of sp³-hybridized carbons (Fsp3) is 0.433. The lowest BCUT2D eigenvalue weighted by Crippen LogP contribution is -2.42. The van der Waals surface area contributed by atoms with E-state index in [1.807, 2.05) is 24.5 Å². The van der Waals surface area contributed by atoms with Crippen molar-refractivity contribution in [3.8, 4) is 0 Å². The molecular weight excluding hydrogens is 499 g/mol. The Morgan fingerprint density at radius 1 is 0.947 bits per heavy atom. The van der Waals surface area contributed by atoms with Crippen molar-refractivity contribution in [1.82, 2.24) is 15.0 Å². The van der Waals surface area contributed by atoms with Crippen LogP contribution < -0.4 is 15.8 Å². The maximum atomic E-state index is 14.0. The number of rotatable bonds is 9. The Bertz CT molecular complexity index is 1330. The van der Waals surface area contributed by atoms with E-state index in [-0.39, 0.29) is 10.8 Å². The van der Waals surface area contributed by atoms with Gasteiger partial charge < -0.3 is 11.1 Å². The molecule has 0 spiro atoms. The van der Waals surface area contributed by atoms with Crippen LogP contribution in [0.1, 0.15) is 54.7 Å². The summed E-state index contributed by atoms with van der Waals surface area (Å²) in [5.74, 6) is 0.498. The summed E-state index contributed by atoms with van der Waals surface area (Å²) in [5.41, 5.74) is 10.9. The summed E-state index contributed by atoms with van der Waals surface area (Å²) < 4.78 is 41.7. The smallest absolute Gasteiger partial charge is 0.243 e. The van der Waals surface area contributed by atoms with Crippen molar-refractivity contribution < 1.29 is 12.8 Å². The maximum Gasteiger partial charge on any atom is 0.243 e. The Balaban J connectivity index is 1.15. The lowest BCUT2D eigenvalue weighted by Gasteiger charge is -2.37. The molecule has 0 bridgehead atoms. The number of aromatic nitrogens is 1. The first-order valence-electron chi connectivity index (χ1n) is 13.6. The summed E-state index contributed by atoms with van der Waals surface area (Å²) >= 11 is 0. The number of benzene rings is 2. The Labute approximate surface area is 225 Å². The number of aryl methyl sites for hydroxylation is 1. The molecule has 1 aromatic heterocycles. The highest BCUT2D eigenvalue weighted by molar-refractivity contribution is 7.89. The fourth-order valence-electron chi connectivity index (χ4n) is 6.13. The van der Waals surface area contributed by atoms with Crippen molar-refractivity contribution in [2.75, 3.05) is 18.8 Å². The third-order valence-electron chi connectivity index (χ3n) is 8.28. The standard InChI is InChI=1S/C30H37FN4O2S/c31-28-5-1-2-6-30(28)38(36,37)35-20-22-9-7-21(8-10-22)19-34-29-14-11-24-17-25(32)12-13-26(24)27(29)16-23-4-3-15-33-18-23/h1-6,12-13,15,17-18,21-22,27,29,34-35H,7-11,14,16,19-20,32H2. The number of anilines is 1. The molecular formula is C30H37FN4O2S. The SMILES string of the molecule is Nc1ccc2c(c1)CCC(NCC1CCC(CNS(=O)(=O)c3ccccc3F)CC1)C2Cc1cccnc1. The van der Waals surface area contributed by atoms with Gasteiger partial charge in [-0.2, -0.15) is 0 Å². The number of nitrogens with two attached hydrogens (primary N) is 1. The van der Waals surface area contributed by atoms with E-state index in [0.29, 0.717) is 24.4 Å². The Morgan fingerprint density at radius 2 is 1.71 bits per heavy atom. The van der Waals surface area contributed by atoms with E-state index in [2.05, 4.69) is 33.2 Å². The number of fused-ring (bicyclic) bond motifs is 1. The molecule has 38 heavy (non-hydrogen) atoms. The number of hydrogen-bond acceptors (Lipinski definition) is 5. The van der Waals surface area contributed by atoms with Crippen molar-refractivity contribution in [2.24, 2.45) is 11.8 Å². The average molecular weight is 537 g/mol. The van der Waals surface area contributed by atoms with E-state index in [0.717, 1.165) is 57.2 Å². The predicted octanol–water partition coefficient (Wildman–Crippen LogP) is 4.82. The molecule has 1 saturated carbocycles. The second kappa shape index (κ2) is 11.9. The number of nitrogens with one attached hydrogen (secondary N) is 2. The number of sulfonamides is 1. The molecule has 0 saturated heterocycles. The van der Waals surface area contributed by atoms with Crippen LogP contribution in [0, 0.1) is 17.7 Å². The van der Waals surface area contributed by atoms with Crippen molar-refractivity contribution in [3.05, 3.63) is 89.5 Å². The zero-order valence-corrected chi connectivity index (χ0v) is 22.5. The van der Waals surface area contributed by atoms with Gasteiger partial charge in [0, 0.05) is 36.6 Å². The van der Waals surface area contributed by atoms with E-state index < -0.39 is 15.8 Å². The first-order chi connectivity index (χ1) is 18.4. The van der Waals surface area contributed by atoms with Crippen LogP contribution in [0.3, 0.4) is 0 Å². The van der Waals surface area contributed by atoms with Gasteiger partial charge in [0.15, 0.2) is 0 Å². The zero-order valence-electron chi connectivity index (χ0n) is 21.7. The molecule has 202 valence electrons. The summed E-state index contributed by atoms with van der Waals surface area (Å²) in [4.78, 5) is 4.04. The highest BCUT2D eigenvalue weighted by atomic mass is 32.2. The quantitative estimate of drug-likeness (QED) is 0.341. The molecule has 3 aromatic rings. The van der Waals surface area contributed by atoms with Crippen molar-refractivity contribution >= 4 is 15.7 Å². The summed E-state index contributed by atoms with van der Waals surface area (Å²) in [5, 5.41) is 3.91. The van der Waals surface area contributed by atoms with Crippen molar-refractivity contribution in [3.63, 3.8) is 0 Å². The van der Waals surface area contributed by atoms with E-state index in [1.54, 1.807) is 0 Å². The van der Waals surface area contributed by atoms with Crippen LogP contribution in [0.5, 0.6) is 0 Å². The van der Waals surface area contributed by atoms with Crippen molar-refractivity contribution in [2.45, 2.75) is 61.8 Å². The Kier molecular flexibility index (Phi) is 8.41. The van der Waals surface area contributed by atoms with Gasteiger partial charge in [0.25, 0.3) is 0 Å². The van der Waals surface area contributed by atoms with Gasteiger partial charge in [-0.15, -0.1) is 0 Å². The largest absolute Gasteiger partial charge is 0.399 e. The minimum Gasteiger partial charge on any atom is -0.399 e. The van der Waals surface area contributed by atoms with Gasteiger partial charge in [0.1, 0.15) is 10.7 Å². The van der Waals surface area contributed by atoms with Crippen LogP contribution in [0.15, 0.2) is 71.9 Å². The summed E-state index contributed by atoms with van der Waals surface area (Å²) in [7, 11) is -3.84. The predicted molar refractivity (Wildman–Crippen MR) is 149 cm³/mol. The number of hydrogen-bond donors (Lipinski definition) is 3. The molecule has 1 heterocycles. The first kappa shape index (κ1) is 26.8. The normalized spacial score (nSPS) is 23.6. The monoisotopic (exact) mass is 536 g/mol. The van der Waals surface area contributed by atoms with Gasteiger partial charge in [-0.1, -0.05) is 24.3 Å². The summed E-state index contributed by atoms with van der Waals surface area (Å²) in [6.45, 7) is 1.32. The summed E-state index contributed by atoms with van der Waals surface area (Å²) in [6, 6.07) is 16.4. The van der Waals surface area contributed by atoms with Crippen LogP contribution in [-0.4, -0.2) is 32.5 Å². The third-order valence-corrected chi connectivity index (χ3v) is 9.74. The second-order valence-electron chi connectivity index (χ2n) is 10.9. The average Bonchev–Trinajstić information content (AvgIpc) is 2.92. The van der Waals surface area contributed by atoms with Crippen molar-refractivity contribution in [1.29, 1.82) is 0 Å². The molecule has 0 amide bonds. The van der Waals surface area contributed by atoms with Crippen LogP contribution >= 0.6 is 0 Å². The lowest BCUT2D eigenvalue weighted by atomic mass is 9.75. The zero-order chi connectivity index (χ0) is 26.5.